The van der Waals surface area contributed by atoms with Gasteiger partial charge in [0.1, 0.15) is 5.60 Å². The van der Waals surface area contributed by atoms with Crippen molar-refractivity contribution in [1.82, 2.24) is 14.9 Å². The maximum absolute atomic E-state index is 13.8. The van der Waals surface area contributed by atoms with E-state index in [2.05, 4.69) is 15.3 Å². The molecule has 4 rings (SSSR count). The summed E-state index contributed by atoms with van der Waals surface area (Å²) in [6, 6.07) is 14.3. The van der Waals surface area contributed by atoms with E-state index in [1.165, 1.54) is 6.92 Å². The zero-order valence-electron chi connectivity index (χ0n) is 25.7. The number of piperidine rings is 1. The number of benzene rings is 2. The number of carbonyl (C=O) groups is 2. The van der Waals surface area contributed by atoms with Crippen LogP contribution < -0.4 is 29.3 Å². The predicted molar refractivity (Wildman–Crippen MR) is 154 cm³/mol. The number of carbonyl (C=O) groups excluding carboxylic acids is 2. The smallest absolute Gasteiger partial charge is 0.550 e. The summed E-state index contributed by atoms with van der Waals surface area (Å²) in [5, 5.41) is 14.4. The molecule has 1 atom stereocenters. The van der Waals surface area contributed by atoms with Crippen LogP contribution in [0.25, 0.3) is 0 Å². The average Bonchev–Trinajstić information content (AvgIpc) is 2.95. The van der Waals surface area contributed by atoms with E-state index in [1.807, 2.05) is 45.0 Å². The summed E-state index contributed by atoms with van der Waals surface area (Å²) in [6.07, 6.45) is -2.50. The van der Waals surface area contributed by atoms with Crippen LogP contribution in [0.1, 0.15) is 80.3 Å². The first-order chi connectivity index (χ1) is 20.2. The number of aromatic nitrogens is 2. The number of hydrogen-bond acceptors (Lipinski definition) is 7. The van der Waals surface area contributed by atoms with E-state index in [0.29, 0.717) is 29.9 Å². The Kier molecular flexibility index (Phi) is 11.5. The van der Waals surface area contributed by atoms with Gasteiger partial charge in [0.15, 0.2) is 0 Å². The number of likely N-dealkylation sites (tertiary alicyclic amines) is 1. The minimum atomic E-state index is -4.65. The number of aryl methyl sites for hydroxylation is 2. The Morgan fingerprint density at radius 1 is 1.05 bits per heavy atom. The van der Waals surface area contributed by atoms with Crippen molar-refractivity contribution < 1.29 is 51.5 Å². The number of halogens is 3. The number of alkyl halides is 3. The number of amides is 1. The Morgan fingerprint density at radius 3 is 2.27 bits per heavy atom. The molecule has 1 N–H and O–H groups in total. The number of carboxylic acid groups (broad SMARTS) is 1. The number of carboxylic acids is 1. The van der Waals surface area contributed by atoms with Crippen LogP contribution in [0.4, 0.5) is 29.6 Å². The molecule has 12 heteroatoms. The third-order valence-corrected chi connectivity index (χ3v) is 7.46. The average molecular weight is 605 g/mol. The zero-order chi connectivity index (χ0) is 31.4. The quantitative estimate of drug-likeness (QED) is 0.394. The fourth-order valence-corrected chi connectivity index (χ4v) is 5.16. The third kappa shape index (κ3) is 9.23. The molecule has 1 unspecified atom stereocenters. The number of aliphatic carboxylic acids is 1. The van der Waals surface area contributed by atoms with Crippen molar-refractivity contribution in [2.75, 3.05) is 18.4 Å². The third-order valence-electron chi connectivity index (χ3n) is 7.46. The fraction of sp³-hybridized carbons (Fsp3) is 0.438. The van der Waals surface area contributed by atoms with Crippen molar-refractivity contribution >= 4 is 23.7 Å². The number of nitrogens with zero attached hydrogens (tertiary/aromatic N) is 3. The van der Waals surface area contributed by atoms with Crippen LogP contribution in [-0.4, -0.2) is 45.6 Å². The minimum absolute atomic E-state index is 0. The molecule has 0 radical (unpaired) electrons. The molecule has 1 amide bonds. The van der Waals surface area contributed by atoms with Crippen LogP contribution in [0.2, 0.25) is 0 Å². The first-order valence-corrected chi connectivity index (χ1v) is 14.3. The fourth-order valence-electron chi connectivity index (χ4n) is 5.16. The van der Waals surface area contributed by atoms with Crippen molar-refractivity contribution in [3.63, 3.8) is 0 Å². The van der Waals surface area contributed by atoms with Gasteiger partial charge in [-0.05, 0) is 81.2 Å². The second-order valence-corrected chi connectivity index (χ2v) is 11.8. The molecular weight excluding hydrogens is 568 g/mol. The molecular formula is C32H36F3LiN4O4. The van der Waals surface area contributed by atoms with E-state index >= 15 is 0 Å². The summed E-state index contributed by atoms with van der Waals surface area (Å²) < 4.78 is 46.8. The van der Waals surface area contributed by atoms with Crippen LogP contribution in [0, 0.1) is 0 Å². The van der Waals surface area contributed by atoms with Crippen LogP contribution in [0.15, 0.2) is 54.7 Å². The first kappa shape index (κ1) is 34.9. The molecule has 8 nitrogen and oxygen atoms in total. The molecule has 0 bridgehead atoms. The molecule has 0 spiro atoms. The Labute approximate surface area is 267 Å². The Bertz CT molecular complexity index is 1440. The second kappa shape index (κ2) is 14.5. The van der Waals surface area contributed by atoms with Gasteiger partial charge in [-0.15, -0.1) is 0 Å². The second-order valence-electron chi connectivity index (χ2n) is 11.8. The maximum atomic E-state index is 13.8. The molecule has 2 aromatic carbocycles. The maximum Gasteiger partial charge on any atom is 1.00 e. The Balaban J connectivity index is 0.00000529. The van der Waals surface area contributed by atoms with Crippen molar-refractivity contribution in [1.29, 1.82) is 0 Å². The van der Waals surface area contributed by atoms with Gasteiger partial charge in [-0.1, -0.05) is 43.3 Å². The number of nitrogens with one attached hydrogen (secondary N) is 1. The van der Waals surface area contributed by atoms with E-state index in [1.54, 1.807) is 29.2 Å². The van der Waals surface area contributed by atoms with Crippen LogP contribution in [0.5, 0.6) is 0 Å². The van der Waals surface area contributed by atoms with E-state index in [4.69, 9.17) is 4.74 Å². The standard InChI is InChI=1S/C32H37F3N4O4.Li/c1-20(28(40)41)25-8-6-5-7-23(25)11-14-27-26(32(33,34)35)19-36-29(38-27)37-24-12-9-21(10-13-24)22-15-17-39(18-16-22)30(42)43-31(2,3)4;/h5-10,12-13,19-20,22H,11,14-18H2,1-4H3,(H,40,41)(H,36,37,38);/q;+1/p-1. The number of anilines is 2. The molecule has 2 heterocycles. The number of ether oxygens (including phenoxy) is 1. The molecule has 1 aromatic heterocycles. The van der Waals surface area contributed by atoms with E-state index in [-0.39, 0.29) is 55.4 Å². The molecule has 230 valence electrons. The van der Waals surface area contributed by atoms with Gasteiger partial charge in [0.25, 0.3) is 0 Å². The van der Waals surface area contributed by atoms with E-state index in [0.717, 1.165) is 24.6 Å². The summed E-state index contributed by atoms with van der Waals surface area (Å²) >= 11 is 0. The van der Waals surface area contributed by atoms with Crippen molar-refractivity contribution in [2.45, 2.75) is 77.0 Å². The van der Waals surface area contributed by atoms with Gasteiger partial charge < -0.3 is 24.9 Å². The van der Waals surface area contributed by atoms with Gasteiger partial charge in [-0.3, -0.25) is 0 Å². The largest absolute Gasteiger partial charge is 1.00 e. The van der Waals surface area contributed by atoms with E-state index < -0.39 is 29.2 Å². The van der Waals surface area contributed by atoms with Crippen LogP contribution in [-0.2, 0) is 28.5 Å². The number of rotatable bonds is 8. The summed E-state index contributed by atoms with van der Waals surface area (Å²) in [4.78, 5) is 33.6. The molecule has 44 heavy (non-hydrogen) atoms. The van der Waals surface area contributed by atoms with Crippen LogP contribution >= 0.6 is 0 Å². The molecule has 3 aromatic rings. The van der Waals surface area contributed by atoms with Crippen molar-refractivity contribution in [2.24, 2.45) is 0 Å². The summed E-state index contributed by atoms with van der Waals surface area (Å²) in [7, 11) is 0. The van der Waals surface area contributed by atoms with Gasteiger partial charge >= 0.3 is 31.1 Å². The topological polar surface area (TPSA) is 107 Å². The van der Waals surface area contributed by atoms with E-state index in [9.17, 15) is 27.9 Å². The molecule has 1 aliphatic heterocycles. The Hall–Kier alpha value is -3.55. The summed E-state index contributed by atoms with van der Waals surface area (Å²) in [5.41, 5.74) is 1.18. The van der Waals surface area contributed by atoms with Gasteiger partial charge in [0.05, 0.1) is 11.3 Å². The number of hydrogen-bond donors (Lipinski definition) is 1. The first-order valence-electron chi connectivity index (χ1n) is 14.3. The normalized spacial score (nSPS) is 14.8. The summed E-state index contributed by atoms with van der Waals surface area (Å²) in [6.45, 7) is 8.20. The minimum Gasteiger partial charge on any atom is -0.550 e. The van der Waals surface area contributed by atoms with Gasteiger partial charge in [0.2, 0.25) is 5.95 Å². The van der Waals surface area contributed by atoms with Gasteiger partial charge in [-0.2, -0.15) is 13.2 Å². The van der Waals surface area contributed by atoms with Crippen molar-refractivity contribution in [3.8, 4) is 0 Å². The molecule has 1 aliphatic rings. The Morgan fingerprint density at radius 2 is 1.68 bits per heavy atom. The molecule has 1 fully saturated rings. The van der Waals surface area contributed by atoms with Crippen molar-refractivity contribution in [3.05, 3.63) is 82.7 Å². The molecule has 0 saturated carbocycles. The predicted octanol–water partition coefficient (Wildman–Crippen LogP) is 3.00. The monoisotopic (exact) mass is 604 g/mol. The zero-order valence-corrected chi connectivity index (χ0v) is 25.7. The van der Waals surface area contributed by atoms with Crippen LogP contribution in [0.3, 0.4) is 0 Å². The van der Waals surface area contributed by atoms with Gasteiger partial charge in [-0.25, -0.2) is 14.8 Å². The molecule has 1 saturated heterocycles. The molecule has 0 aliphatic carbocycles. The summed E-state index contributed by atoms with van der Waals surface area (Å²) in [5.74, 6) is -1.86. The SMILES string of the molecule is CC(C(=O)[O-])c1ccccc1CCc1nc(Nc2ccc(C3CCN(C(=O)OC(C)(C)C)CC3)cc2)ncc1C(F)(F)F.[Li+]. The van der Waals surface area contributed by atoms with Gasteiger partial charge in [0, 0.05) is 36.9 Å².